The zero-order chi connectivity index (χ0) is 26.0. The van der Waals surface area contributed by atoms with Crippen molar-refractivity contribution in [2.24, 2.45) is 5.92 Å². The average molecular weight is 622 g/mol. The Balaban J connectivity index is 0. The number of unbranched alkanes of at least 4 members (excludes halogenated alkanes) is 1. The maximum Gasteiger partial charge on any atom is 2.00 e. The SMILES string of the molecule is C1=CCC=C1.CN(C)/C=C/c1sc2ccccc2[n+]1CCCCC1C=CC=C1.F[P-](F)(F)(F)(F)F.[CH3-].[CH3-].[Fe+2]. The zero-order valence-corrected chi connectivity index (χ0v) is 24.9. The topological polar surface area (TPSA) is 7.12 Å². The molecule has 4 rings (SSSR count). The number of fused-ring (bicyclic) bond motifs is 1. The average Bonchev–Trinajstić information content (AvgIpc) is 3.51. The van der Waals surface area contributed by atoms with Crippen LogP contribution in [0.25, 0.3) is 16.3 Å². The van der Waals surface area contributed by atoms with Crippen LogP contribution in [0.2, 0.25) is 0 Å². The fourth-order valence-electron chi connectivity index (χ4n) is 3.33. The molecule has 2 aromatic rings. The van der Waals surface area contributed by atoms with E-state index < -0.39 is 7.81 Å². The van der Waals surface area contributed by atoms with Gasteiger partial charge >= 0.3 is 50.1 Å². The normalized spacial score (nSPS) is 15.4. The van der Waals surface area contributed by atoms with Gasteiger partial charge in [-0.2, -0.15) is 4.57 Å². The molecule has 0 radical (unpaired) electrons. The summed E-state index contributed by atoms with van der Waals surface area (Å²) in [7, 11) is -6.52. The molecule has 11 heteroatoms. The summed E-state index contributed by atoms with van der Waals surface area (Å²) in [6, 6.07) is 8.72. The zero-order valence-electron chi connectivity index (χ0n) is 22.1. The summed E-state index contributed by atoms with van der Waals surface area (Å²) < 4.78 is 63.0. The van der Waals surface area contributed by atoms with Crippen LogP contribution >= 0.6 is 19.1 Å². The molecule has 2 aliphatic carbocycles. The van der Waals surface area contributed by atoms with Crippen LogP contribution in [0, 0.1) is 20.8 Å². The first-order valence-electron chi connectivity index (χ1n) is 11.2. The van der Waals surface area contributed by atoms with Gasteiger partial charge in [-0.15, -0.1) is 0 Å². The van der Waals surface area contributed by atoms with Crippen LogP contribution in [-0.4, -0.2) is 19.0 Å². The van der Waals surface area contributed by atoms with E-state index in [4.69, 9.17) is 0 Å². The summed E-state index contributed by atoms with van der Waals surface area (Å²) in [6.07, 6.45) is 26.6. The Morgan fingerprint density at radius 3 is 1.97 bits per heavy atom. The Morgan fingerprint density at radius 2 is 1.47 bits per heavy atom. The summed E-state index contributed by atoms with van der Waals surface area (Å²) in [5.74, 6) is 0.660. The second-order valence-corrected chi connectivity index (χ2v) is 11.3. The summed E-state index contributed by atoms with van der Waals surface area (Å²) in [6.45, 7) is 1.09. The van der Waals surface area contributed by atoms with E-state index in [9.17, 15) is 25.2 Å². The standard InChI is InChI=1S/C20H25N2S.C5H6.2CH3.F6P.Fe/c1-21(2)16-14-20-22(18-12-5-6-13-19(18)23-20)15-8-7-11-17-9-3-4-10-17;1-2-4-5-3-1;;;1-7(2,3,4,5)6;/h3-6,9-10,12-14,16-17H,7-8,11,15H2,1-2H3;1-4H,5H2;2*1H3;;/q+1;;3*-1;+2. The Hall–Kier alpha value is -1.86. The maximum atomic E-state index is 9.87. The first-order chi connectivity index (χ1) is 16.2. The fraction of sp³-hybridized carbons (Fsp3) is 0.296. The monoisotopic (exact) mass is 622 g/mol. The Labute approximate surface area is 237 Å². The summed E-state index contributed by atoms with van der Waals surface area (Å²) in [5, 5.41) is 1.33. The largest absolute Gasteiger partial charge is 2.00 e. The molecule has 0 spiro atoms. The minimum atomic E-state index is -10.7. The second kappa shape index (κ2) is 15.7. The van der Waals surface area contributed by atoms with Crippen LogP contribution in [-0.2, 0) is 23.6 Å². The van der Waals surface area contributed by atoms with E-state index in [2.05, 4.69) is 109 Å². The number of thiazole rings is 1. The van der Waals surface area contributed by atoms with Gasteiger partial charge in [0.15, 0.2) is 6.54 Å². The van der Waals surface area contributed by atoms with Crippen molar-refractivity contribution in [3.63, 3.8) is 0 Å². The molecule has 0 aliphatic heterocycles. The van der Waals surface area contributed by atoms with E-state index in [1.54, 1.807) is 0 Å². The van der Waals surface area contributed by atoms with E-state index in [1.165, 1.54) is 34.5 Å². The van der Waals surface area contributed by atoms with Gasteiger partial charge in [-0.05, 0) is 31.2 Å². The molecule has 1 aromatic carbocycles. The van der Waals surface area contributed by atoms with E-state index in [0.29, 0.717) is 5.92 Å². The van der Waals surface area contributed by atoms with Crippen LogP contribution < -0.4 is 4.57 Å². The third-order valence-corrected chi connectivity index (χ3v) is 5.93. The molecule has 0 unspecified atom stereocenters. The van der Waals surface area contributed by atoms with Crippen molar-refractivity contribution in [3.8, 4) is 0 Å². The minimum absolute atomic E-state index is 0. The molecule has 0 atom stereocenters. The quantitative estimate of drug-likeness (QED) is 0.0745. The molecule has 0 amide bonds. The van der Waals surface area contributed by atoms with Crippen LogP contribution in [0.5, 0.6) is 0 Å². The van der Waals surface area contributed by atoms with Crippen LogP contribution in [0.15, 0.2) is 79.1 Å². The van der Waals surface area contributed by atoms with Gasteiger partial charge < -0.3 is 19.8 Å². The number of aryl methyl sites for hydroxylation is 1. The molecule has 1 aromatic heterocycles. The smallest absolute Gasteiger partial charge is 0.358 e. The van der Waals surface area contributed by atoms with Crippen LogP contribution in [0.4, 0.5) is 25.2 Å². The first kappa shape index (κ1) is 38.3. The van der Waals surface area contributed by atoms with Gasteiger partial charge in [-0.25, -0.2) is 0 Å². The molecule has 216 valence electrons. The summed E-state index contributed by atoms with van der Waals surface area (Å²) in [4.78, 5) is 2.09. The molecule has 0 saturated carbocycles. The van der Waals surface area contributed by atoms with Crippen molar-refractivity contribution < 1.29 is 46.8 Å². The molecule has 0 bridgehead atoms. The molecule has 2 nitrogen and oxygen atoms in total. The van der Waals surface area contributed by atoms with Gasteiger partial charge in [0.25, 0.3) is 5.01 Å². The van der Waals surface area contributed by atoms with Gasteiger partial charge in [-0.1, -0.05) is 72.1 Å². The molecule has 38 heavy (non-hydrogen) atoms. The first-order valence-corrected chi connectivity index (χ1v) is 14.0. The number of nitrogens with zero attached hydrogens (tertiary/aromatic N) is 2. The van der Waals surface area contributed by atoms with Crippen molar-refractivity contribution in [2.75, 3.05) is 14.1 Å². The molecular weight excluding hydrogens is 585 g/mol. The van der Waals surface area contributed by atoms with Gasteiger partial charge in [0.2, 0.25) is 5.52 Å². The maximum absolute atomic E-state index is 10.7. The van der Waals surface area contributed by atoms with E-state index in [1.807, 2.05) is 11.3 Å². The molecule has 0 fully saturated rings. The number of aromatic nitrogens is 1. The van der Waals surface area contributed by atoms with Crippen molar-refractivity contribution >= 4 is 35.4 Å². The van der Waals surface area contributed by atoms with Crippen molar-refractivity contribution in [1.82, 2.24) is 4.90 Å². The van der Waals surface area contributed by atoms with E-state index in [-0.39, 0.29) is 31.9 Å². The van der Waals surface area contributed by atoms with Crippen LogP contribution in [0.3, 0.4) is 0 Å². The van der Waals surface area contributed by atoms with Crippen molar-refractivity contribution in [3.05, 3.63) is 98.9 Å². The molecular formula is C27H37F6FeN2PS. The second-order valence-electron chi connectivity index (χ2n) is 8.32. The fourth-order valence-corrected chi connectivity index (χ4v) is 4.42. The van der Waals surface area contributed by atoms with E-state index >= 15 is 0 Å². The van der Waals surface area contributed by atoms with Crippen LogP contribution in [0.1, 0.15) is 30.7 Å². The van der Waals surface area contributed by atoms with E-state index in [0.717, 1.165) is 13.0 Å². The molecule has 0 saturated heterocycles. The third kappa shape index (κ3) is 18.4. The molecule has 0 N–H and O–H groups in total. The Morgan fingerprint density at radius 1 is 0.921 bits per heavy atom. The van der Waals surface area contributed by atoms with Crippen molar-refractivity contribution in [2.45, 2.75) is 32.2 Å². The number of halogens is 6. The summed E-state index contributed by atoms with van der Waals surface area (Å²) >= 11 is 1.88. The number of rotatable bonds is 7. The van der Waals surface area contributed by atoms with Gasteiger partial charge in [0.1, 0.15) is 4.70 Å². The van der Waals surface area contributed by atoms with Crippen molar-refractivity contribution in [1.29, 1.82) is 0 Å². The predicted molar refractivity (Wildman–Crippen MR) is 150 cm³/mol. The van der Waals surface area contributed by atoms with Gasteiger partial charge in [0.05, 0.1) is 0 Å². The number of benzene rings is 1. The number of para-hydroxylation sites is 1. The van der Waals surface area contributed by atoms with Gasteiger partial charge in [0, 0.05) is 38.9 Å². The number of hydrogen-bond acceptors (Lipinski definition) is 2. The van der Waals surface area contributed by atoms with Gasteiger partial charge in [-0.3, -0.25) is 0 Å². The Kier molecular flexibility index (Phi) is 15.8. The summed E-state index contributed by atoms with van der Waals surface area (Å²) in [5.41, 5.74) is 1.36. The number of allylic oxidation sites excluding steroid dienone is 8. The predicted octanol–water partition coefficient (Wildman–Crippen LogP) is 10.4. The molecule has 1 heterocycles. The molecule has 2 aliphatic rings. The third-order valence-electron chi connectivity index (χ3n) is 4.80. The minimum Gasteiger partial charge on any atom is -0.358 e. The Bertz CT molecular complexity index is 1090. The number of hydrogen-bond donors (Lipinski definition) is 0.